The molecule has 74 valence electrons. The molecular weight excluding hydrogens is 234 g/mol. The van der Waals surface area contributed by atoms with Gasteiger partial charge in [-0.1, -0.05) is 23.2 Å². The maximum absolute atomic E-state index is 12.8. The van der Waals surface area contributed by atoms with E-state index in [4.69, 9.17) is 23.2 Å². The highest BCUT2D eigenvalue weighted by Crippen LogP contribution is 2.21. The van der Waals surface area contributed by atoms with Crippen molar-refractivity contribution >= 4 is 29.3 Å². The van der Waals surface area contributed by atoms with Gasteiger partial charge in [-0.3, -0.25) is 10.1 Å². The van der Waals surface area contributed by atoms with E-state index in [0.717, 1.165) is 12.1 Å². The first-order valence-electron chi connectivity index (χ1n) is 3.34. The third kappa shape index (κ3) is 2.65. The van der Waals surface area contributed by atoms with E-state index >= 15 is 0 Å². The van der Waals surface area contributed by atoms with Crippen molar-refractivity contribution in [3.05, 3.63) is 44.1 Å². The highest BCUT2D eigenvalue weighted by Gasteiger charge is 2.07. The van der Waals surface area contributed by atoms with Gasteiger partial charge in [0.2, 0.25) is 6.20 Å². The molecule has 0 N–H and O–H groups in total. The first-order chi connectivity index (χ1) is 6.50. The number of aromatic nitrogens is 1. The van der Waals surface area contributed by atoms with Crippen LogP contribution in [-0.2, 0) is 0 Å². The first-order valence-corrected chi connectivity index (χ1v) is 4.09. The summed E-state index contributed by atoms with van der Waals surface area (Å²) in [4.78, 5) is 12.7. The van der Waals surface area contributed by atoms with E-state index in [1.807, 2.05) is 0 Å². The first kappa shape index (κ1) is 10.9. The maximum atomic E-state index is 12.8. The molecule has 0 spiro atoms. The van der Waals surface area contributed by atoms with Gasteiger partial charge in [0, 0.05) is 11.6 Å². The minimum atomic E-state index is -0.779. The van der Waals surface area contributed by atoms with Crippen molar-refractivity contribution in [2.75, 3.05) is 0 Å². The summed E-state index contributed by atoms with van der Waals surface area (Å²) in [5.41, 5.74) is 0.102. The molecule has 0 aliphatic rings. The molecule has 0 aliphatic heterocycles. The van der Waals surface area contributed by atoms with Crippen molar-refractivity contribution in [3.63, 3.8) is 0 Å². The molecule has 0 saturated heterocycles. The summed E-state index contributed by atoms with van der Waals surface area (Å²) in [6.45, 7) is 0. The van der Waals surface area contributed by atoms with Gasteiger partial charge in [0.05, 0.1) is 4.92 Å². The van der Waals surface area contributed by atoms with E-state index in [1.165, 1.54) is 0 Å². The van der Waals surface area contributed by atoms with Crippen molar-refractivity contribution in [1.82, 2.24) is 4.98 Å². The average molecular weight is 237 g/mol. The van der Waals surface area contributed by atoms with Crippen LogP contribution in [0.1, 0.15) is 5.56 Å². The molecule has 1 aromatic heterocycles. The minimum absolute atomic E-state index is 0.0884. The fourth-order valence-corrected chi connectivity index (χ4v) is 1.10. The van der Waals surface area contributed by atoms with E-state index in [9.17, 15) is 14.5 Å². The molecular formula is C7H3Cl2FN2O2. The van der Waals surface area contributed by atoms with Crippen LogP contribution in [0.25, 0.3) is 6.08 Å². The normalized spacial score (nSPS) is 10.8. The summed E-state index contributed by atoms with van der Waals surface area (Å²) in [6, 6.07) is 0.970. The van der Waals surface area contributed by atoms with Gasteiger partial charge in [-0.25, -0.2) is 9.37 Å². The Balaban J connectivity index is 3.10. The summed E-state index contributed by atoms with van der Waals surface area (Å²) in [7, 11) is 0. The van der Waals surface area contributed by atoms with Crippen LogP contribution in [0.2, 0.25) is 10.3 Å². The van der Waals surface area contributed by atoms with Gasteiger partial charge in [-0.2, -0.15) is 0 Å². The van der Waals surface area contributed by atoms with Crippen LogP contribution >= 0.6 is 23.2 Å². The summed E-state index contributed by atoms with van der Waals surface area (Å²) >= 11 is 10.9. The molecule has 0 aromatic carbocycles. The number of hydrogen-bond donors (Lipinski definition) is 0. The number of pyridine rings is 1. The molecule has 0 radical (unpaired) electrons. The van der Waals surface area contributed by atoms with E-state index in [0.29, 0.717) is 6.20 Å². The Labute approximate surface area is 88.1 Å². The van der Waals surface area contributed by atoms with Gasteiger partial charge in [0.1, 0.15) is 5.15 Å². The quantitative estimate of drug-likeness (QED) is 0.451. The van der Waals surface area contributed by atoms with Crippen LogP contribution < -0.4 is 0 Å². The fourth-order valence-electron chi connectivity index (χ4n) is 0.718. The molecule has 0 aliphatic carbocycles. The average Bonchev–Trinajstić information content (AvgIpc) is 2.09. The predicted molar refractivity (Wildman–Crippen MR) is 50.2 cm³/mol. The molecule has 0 unspecified atom stereocenters. The third-order valence-electron chi connectivity index (χ3n) is 1.29. The van der Waals surface area contributed by atoms with Crippen LogP contribution in [0.4, 0.5) is 4.39 Å². The van der Waals surface area contributed by atoms with Gasteiger partial charge in [-0.15, -0.1) is 0 Å². The number of halogens is 3. The Morgan fingerprint density at radius 1 is 1.50 bits per heavy atom. The highest BCUT2D eigenvalue weighted by atomic mass is 35.5. The molecule has 1 rings (SSSR count). The lowest BCUT2D eigenvalue weighted by Gasteiger charge is -1.97. The van der Waals surface area contributed by atoms with Crippen LogP contribution in [0.3, 0.4) is 0 Å². The Hall–Kier alpha value is -1.20. The van der Waals surface area contributed by atoms with Crippen molar-refractivity contribution < 1.29 is 9.31 Å². The zero-order chi connectivity index (χ0) is 10.7. The van der Waals surface area contributed by atoms with Crippen LogP contribution in [-0.4, -0.2) is 9.91 Å². The molecule has 0 saturated carbocycles. The second-order valence-corrected chi connectivity index (χ2v) is 2.96. The zero-order valence-corrected chi connectivity index (χ0v) is 8.09. The number of rotatable bonds is 2. The SMILES string of the molecule is O=[N+]([O-])/C=C/c1cc(F)c(Cl)nc1Cl. The van der Waals surface area contributed by atoms with Crippen LogP contribution in [0.5, 0.6) is 0 Å². The summed E-state index contributed by atoms with van der Waals surface area (Å²) in [5.74, 6) is -0.779. The van der Waals surface area contributed by atoms with Gasteiger partial charge < -0.3 is 0 Å². The largest absolute Gasteiger partial charge is 0.259 e. The van der Waals surface area contributed by atoms with Gasteiger partial charge in [-0.05, 0) is 6.07 Å². The predicted octanol–water partition coefficient (Wildman–Crippen LogP) is 2.77. The van der Waals surface area contributed by atoms with Crippen LogP contribution in [0.15, 0.2) is 12.3 Å². The lowest BCUT2D eigenvalue weighted by Crippen LogP contribution is -1.89. The lowest BCUT2D eigenvalue weighted by atomic mass is 10.3. The van der Waals surface area contributed by atoms with Gasteiger partial charge in [0.25, 0.3) is 0 Å². The molecule has 4 nitrogen and oxygen atoms in total. The van der Waals surface area contributed by atoms with Crippen molar-refractivity contribution in [3.8, 4) is 0 Å². The van der Waals surface area contributed by atoms with Crippen molar-refractivity contribution in [2.45, 2.75) is 0 Å². The smallest absolute Gasteiger partial charge is 0.235 e. The molecule has 0 atom stereocenters. The van der Waals surface area contributed by atoms with Gasteiger partial charge in [0.15, 0.2) is 11.0 Å². The Morgan fingerprint density at radius 3 is 2.71 bits per heavy atom. The number of nitrogens with zero attached hydrogens (tertiary/aromatic N) is 2. The van der Waals surface area contributed by atoms with E-state index < -0.39 is 10.7 Å². The monoisotopic (exact) mass is 236 g/mol. The molecule has 0 fully saturated rings. The highest BCUT2D eigenvalue weighted by molar-refractivity contribution is 6.33. The van der Waals surface area contributed by atoms with Gasteiger partial charge >= 0.3 is 0 Å². The number of hydrogen-bond acceptors (Lipinski definition) is 3. The Kier molecular flexibility index (Phi) is 3.38. The Bertz CT molecular complexity index is 409. The zero-order valence-electron chi connectivity index (χ0n) is 6.58. The second kappa shape index (κ2) is 4.34. The van der Waals surface area contributed by atoms with Crippen LogP contribution in [0, 0.1) is 15.9 Å². The van der Waals surface area contributed by atoms with E-state index in [-0.39, 0.29) is 15.9 Å². The topological polar surface area (TPSA) is 56.0 Å². The third-order valence-corrected chi connectivity index (χ3v) is 1.86. The van der Waals surface area contributed by atoms with Crippen molar-refractivity contribution in [2.24, 2.45) is 0 Å². The maximum Gasteiger partial charge on any atom is 0.235 e. The molecule has 0 amide bonds. The Morgan fingerprint density at radius 2 is 2.14 bits per heavy atom. The summed E-state index contributed by atoms with van der Waals surface area (Å²) in [6.07, 6.45) is 1.67. The standard InChI is InChI=1S/C7H3Cl2FN2O2/c8-6-4(1-2-12(13)14)3-5(10)7(9)11-6/h1-3H/b2-1+. The molecule has 7 heteroatoms. The number of nitro groups is 1. The van der Waals surface area contributed by atoms with E-state index in [1.54, 1.807) is 0 Å². The lowest BCUT2D eigenvalue weighted by molar-refractivity contribution is -0.400. The summed E-state index contributed by atoms with van der Waals surface area (Å²) < 4.78 is 12.8. The second-order valence-electron chi connectivity index (χ2n) is 2.24. The fraction of sp³-hybridized carbons (Fsp3) is 0. The molecule has 14 heavy (non-hydrogen) atoms. The minimum Gasteiger partial charge on any atom is -0.259 e. The molecule has 0 bridgehead atoms. The van der Waals surface area contributed by atoms with Crippen molar-refractivity contribution in [1.29, 1.82) is 0 Å². The summed E-state index contributed by atoms with van der Waals surface area (Å²) in [5, 5.41) is 9.52. The van der Waals surface area contributed by atoms with E-state index in [2.05, 4.69) is 4.98 Å². The molecule has 1 aromatic rings. The molecule has 1 heterocycles.